The number of rotatable bonds is 4. The first-order valence-electron chi connectivity index (χ1n) is 6.97. The van der Waals surface area contributed by atoms with Crippen molar-refractivity contribution in [2.75, 3.05) is 14.1 Å². The lowest BCUT2D eigenvalue weighted by atomic mass is 9.90. The molecule has 100 valence electrons. The number of hydrogen-bond acceptors (Lipinski definition) is 3. The van der Waals surface area contributed by atoms with Gasteiger partial charge in [-0.2, -0.15) is 0 Å². The minimum Gasteiger partial charge on any atom is -0.317 e. The van der Waals surface area contributed by atoms with Crippen LogP contribution in [0.4, 0.5) is 0 Å². The van der Waals surface area contributed by atoms with Crippen molar-refractivity contribution in [3.05, 3.63) is 29.6 Å². The molecule has 1 heterocycles. The van der Waals surface area contributed by atoms with Gasteiger partial charge >= 0.3 is 0 Å². The Labute approximate surface area is 111 Å². The third kappa shape index (κ3) is 3.30. The second-order valence-corrected chi connectivity index (χ2v) is 5.51. The molecule has 0 bridgehead atoms. The number of pyridine rings is 1. The molecule has 1 aliphatic rings. The van der Waals surface area contributed by atoms with E-state index in [1.165, 1.54) is 36.8 Å². The fourth-order valence-corrected chi connectivity index (χ4v) is 2.87. The van der Waals surface area contributed by atoms with Gasteiger partial charge in [0, 0.05) is 31.0 Å². The van der Waals surface area contributed by atoms with Gasteiger partial charge in [0.2, 0.25) is 0 Å². The first kappa shape index (κ1) is 13.5. The third-order valence-corrected chi connectivity index (χ3v) is 4.30. The summed E-state index contributed by atoms with van der Waals surface area (Å²) in [5.74, 6) is 0. The highest BCUT2D eigenvalue weighted by atomic mass is 15.1. The fourth-order valence-electron chi connectivity index (χ4n) is 2.87. The molecule has 0 unspecified atom stereocenters. The van der Waals surface area contributed by atoms with E-state index in [9.17, 15) is 0 Å². The molecule has 1 aliphatic carbocycles. The molecule has 1 N–H and O–H groups in total. The smallest absolute Gasteiger partial charge is 0.0315 e. The zero-order valence-electron chi connectivity index (χ0n) is 11.8. The van der Waals surface area contributed by atoms with Crippen LogP contribution in [0.2, 0.25) is 0 Å². The maximum absolute atomic E-state index is 4.23. The molecule has 3 heteroatoms. The predicted octanol–water partition coefficient (Wildman–Crippen LogP) is 2.35. The molecular formula is C15H25N3. The second kappa shape index (κ2) is 6.30. The van der Waals surface area contributed by atoms with E-state index in [2.05, 4.69) is 42.3 Å². The SMILES string of the molecule is CNC1CCC(N(C)Cc2cnccc2C)CC1. The summed E-state index contributed by atoms with van der Waals surface area (Å²) in [4.78, 5) is 6.73. The monoisotopic (exact) mass is 247 g/mol. The van der Waals surface area contributed by atoms with E-state index in [1.807, 2.05) is 12.4 Å². The number of hydrogen-bond donors (Lipinski definition) is 1. The largest absolute Gasteiger partial charge is 0.317 e. The van der Waals surface area contributed by atoms with Crippen molar-refractivity contribution in [1.29, 1.82) is 0 Å². The topological polar surface area (TPSA) is 28.2 Å². The second-order valence-electron chi connectivity index (χ2n) is 5.51. The van der Waals surface area contributed by atoms with Crippen molar-refractivity contribution in [3.8, 4) is 0 Å². The first-order valence-corrected chi connectivity index (χ1v) is 6.97. The molecule has 1 fully saturated rings. The minimum absolute atomic E-state index is 0.731. The van der Waals surface area contributed by atoms with E-state index >= 15 is 0 Å². The summed E-state index contributed by atoms with van der Waals surface area (Å²) in [5.41, 5.74) is 2.71. The zero-order valence-corrected chi connectivity index (χ0v) is 11.8. The van der Waals surface area contributed by atoms with Crippen LogP contribution in [0.15, 0.2) is 18.5 Å². The van der Waals surface area contributed by atoms with Crippen molar-refractivity contribution in [3.63, 3.8) is 0 Å². The van der Waals surface area contributed by atoms with Gasteiger partial charge in [-0.05, 0) is 63.9 Å². The molecule has 1 aromatic rings. The highest BCUT2D eigenvalue weighted by Gasteiger charge is 2.23. The molecule has 2 rings (SSSR count). The third-order valence-electron chi connectivity index (χ3n) is 4.30. The van der Waals surface area contributed by atoms with Crippen molar-refractivity contribution >= 4 is 0 Å². The minimum atomic E-state index is 0.731. The number of nitrogens with one attached hydrogen (secondary N) is 1. The molecule has 0 saturated heterocycles. The van der Waals surface area contributed by atoms with Gasteiger partial charge in [-0.3, -0.25) is 9.88 Å². The van der Waals surface area contributed by atoms with Gasteiger partial charge in [0.25, 0.3) is 0 Å². The van der Waals surface area contributed by atoms with Crippen LogP contribution in [-0.2, 0) is 6.54 Å². The van der Waals surface area contributed by atoms with Crippen molar-refractivity contribution < 1.29 is 0 Å². The lowest BCUT2D eigenvalue weighted by Crippen LogP contribution is -2.39. The van der Waals surface area contributed by atoms with Gasteiger partial charge in [0.05, 0.1) is 0 Å². The van der Waals surface area contributed by atoms with Crippen LogP contribution in [0.25, 0.3) is 0 Å². The van der Waals surface area contributed by atoms with Crippen molar-refractivity contribution in [1.82, 2.24) is 15.2 Å². The van der Waals surface area contributed by atoms with Crippen LogP contribution >= 0.6 is 0 Å². The molecule has 3 nitrogen and oxygen atoms in total. The molecule has 0 aromatic carbocycles. The van der Waals surface area contributed by atoms with E-state index in [0.29, 0.717) is 0 Å². The summed E-state index contributed by atoms with van der Waals surface area (Å²) in [7, 11) is 4.32. The zero-order chi connectivity index (χ0) is 13.0. The molecule has 0 atom stereocenters. The summed E-state index contributed by atoms with van der Waals surface area (Å²) in [5, 5.41) is 3.39. The molecule has 0 spiro atoms. The fraction of sp³-hybridized carbons (Fsp3) is 0.667. The Morgan fingerprint density at radius 3 is 2.67 bits per heavy atom. The van der Waals surface area contributed by atoms with Gasteiger partial charge in [0.1, 0.15) is 0 Å². The Morgan fingerprint density at radius 1 is 1.33 bits per heavy atom. The summed E-state index contributed by atoms with van der Waals surface area (Å²) >= 11 is 0. The van der Waals surface area contributed by atoms with Gasteiger partial charge in [0.15, 0.2) is 0 Å². The lowest BCUT2D eigenvalue weighted by Gasteiger charge is -2.34. The Balaban J connectivity index is 1.89. The summed E-state index contributed by atoms with van der Waals surface area (Å²) in [6, 6.07) is 3.56. The average Bonchev–Trinajstić information content (AvgIpc) is 2.41. The van der Waals surface area contributed by atoms with Crippen LogP contribution in [0.3, 0.4) is 0 Å². The van der Waals surface area contributed by atoms with Crippen LogP contribution in [0.5, 0.6) is 0 Å². The molecule has 0 aliphatic heterocycles. The standard InChI is InChI=1S/C15H25N3/c1-12-8-9-17-10-13(12)11-18(3)15-6-4-14(16-2)5-7-15/h8-10,14-16H,4-7,11H2,1-3H3. The van der Waals surface area contributed by atoms with Crippen LogP contribution < -0.4 is 5.32 Å². The Bertz CT molecular complexity index is 370. The van der Waals surface area contributed by atoms with Crippen LogP contribution in [0.1, 0.15) is 36.8 Å². The van der Waals surface area contributed by atoms with Gasteiger partial charge in [-0.1, -0.05) is 0 Å². The molecular weight excluding hydrogens is 222 g/mol. The van der Waals surface area contributed by atoms with Gasteiger partial charge in [-0.25, -0.2) is 0 Å². The summed E-state index contributed by atoms with van der Waals surface area (Å²) in [6.45, 7) is 3.19. The Kier molecular flexibility index (Phi) is 4.72. The first-order chi connectivity index (χ1) is 8.70. The normalized spacial score (nSPS) is 24.4. The van der Waals surface area contributed by atoms with E-state index in [-0.39, 0.29) is 0 Å². The van der Waals surface area contributed by atoms with Crippen molar-refractivity contribution in [2.45, 2.75) is 51.2 Å². The molecule has 18 heavy (non-hydrogen) atoms. The average molecular weight is 247 g/mol. The van der Waals surface area contributed by atoms with Gasteiger partial charge < -0.3 is 5.32 Å². The summed E-state index contributed by atoms with van der Waals surface area (Å²) < 4.78 is 0. The van der Waals surface area contributed by atoms with E-state index in [0.717, 1.165) is 18.6 Å². The maximum Gasteiger partial charge on any atom is 0.0315 e. The van der Waals surface area contributed by atoms with Crippen LogP contribution in [0, 0.1) is 6.92 Å². The molecule has 1 aromatic heterocycles. The molecule has 0 radical (unpaired) electrons. The predicted molar refractivity (Wildman–Crippen MR) is 75.5 cm³/mol. The molecule has 0 amide bonds. The number of aromatic nitrogens is 1. The van der Waals surface area contributed by atoms with Gasteiger partial charge in [-0.15, -0.1) is 0 Å². The van der Waals surface area contributed by atoms with E-state index in [4.69, 9.17) is 0 Å². The van der Waals surface area contributed by atoms with E-state index < -0.39 is 0 Å². The van der Waals surface area contributed by atoms with E-state index in [1.54, 1.807) is 0 Å². The highest BCUT2D eigenvalue weighted by molar-refractivity contribution is 5.21. The van der Waals surface area contributed by atoms with Crippen LogP contribution in [-0.4, -0.2) is 36.1 Å². The summed E-state index contributed by atoms with van der Waals surface area (Å²) in [6.07, 6.45) is 9.10. The van der Waals surface area contributed by atoms with Crippen molar-refractivity contribution in [2.24, 2.45) is 0 Å². The quantitative estimate of drug-likeness (QED) is 0.885. The highest BCUT2D eigenvalue weighted by Crippen LogP contribution is 2.23. The lowest BCUT2D eigenvalue weighted by molar-refractivity contribution is 0.169. The Morgan fingerprint density at radius 2 is 2.06 bits per heavy atom. The number of nitrogens with zero attached hydrogens (tertiary/aromatic N) is 2. The maximum atomic E-state index is 4.23. The number of aryl methyl sites for hydroxylation is 1. The molecule has 1 saturated carbocycles. The Hall–Kier alpha value is -0.930.